The fraction of sp³-hybridized carbons (Fsp3) is 0.630. The molecule has 0 aliphatic carbocycles. The van der Waals surface area contributed by atoms with E-state index in [-0.39, 0.29) is 25.3 Å². The third kappa shape index (κ3) is 10.7. The van der Waals surface area contributed by atoms with E-state index in [1.54, 1.807) is 20.8 Å². The molecule has 1 aromatic carbocycles. The minimum Gasteiger partial charge on any atom is -0.444 e. The summed E-state index contributed by atoms with van der Waals surface area (Å²) in [7, 11) is 0. The van der Waals surface area contributed by atoms with Crippen LogP contribution < -0.4 is 16.4 Å². The van der Waals surface area contributed by atoms with Gasteiger partial charge in [0.05, 0.1) is 0 Å². The molecule has 0 aromatic heterocycles. The summed E-state index contributed by atoms with van der Waals surface area (Å²) in [6.07, 6.45) is -0.350. The Morgan fingerprint density at radius 2 is 1.56 bits per heavy atom. The second kappa shape index (κ2) is 12.7. The average molecular weight is 505 g/mol. The SMILES string of the molecule is CCCN(C(=O)C(CCC(N)=O)NC(=O)OC(C)(C)C)C(C(=O)NC(C)(C)C)c1cc(C)cc(C)c1. The van der Waals surface area contributed by atoms with Crippen molar-refractivity contribution in [2.45, 2.75) is 105 Å². The zero-order chi connectivity index (χ0) is 27.8. The molecule has 4 N–H and O–H groups in total. The highest BCUT2D eigenvalue weighted by atomic mass is 16.6. The van der Waals surface area contributed by atoms with Gasteiger partial charge in [0.2, 0.25) is 17.7 Å². The number of nitrogens with one attached hydrogen (secondary N) is 2. The summed E-state index contributed by atoms with van der Waals surface area (Å²) in [5.41, 5.74) is 6.61. The zero-order valence-electron chi connectivity index (χ0n) is 23.3. The summed E-state index contributed by atoms with van der Waals surface area (Å²) in [5.74, 6) is -1.42. The van der Waals surface area contributed by atoms with Gasteiger partial charge < -0.3 is 26.0 Å². The maximum Gasteiger partial charge on any atom is 0.408 e. The third-order valence-corrected chi connectivity index (χ3v) is 5.03. The molecule has 9 heteroatoms. The van der Waals surface area contributed by atoms with Crippen molar-refractivity contribution < 1.29 is 23.9 Å². The molecule has 202 valence electrons. The van der Waals surface area contributed by atoms with Gasteiger partial charge in [-0.05, 0) is 73.8 Å². The zero-order valence-corrected chi connectivity index (χ0v) is 23.3. The van der Waals surface area contributed by atoms with Gasteiger partial charge in [-0.3, -0.25) is 14.4 Å². The van der Waals surface area contributed by atoms with Crippen molar-refractivity contribution >= 4 is 23.8 Å². The van der Waals surface area contributed by atoms with Gasteiger partial charge in [-0.25, -0.2) is 4.79 Å². The van der Waals surface area contributed by atoms with Crippen molar-refractivity contribution in [3.63, 3.8) is 0 Å². The number of carbonyl (C=O) groups excluding carboxylic acids is 4. The Morgan fingerprint density at radius 3 is 2.00 bits per heavy atom. The molecule has 0 saturated carbocycles. The van der Waals surface area contributed by atoms with Crippen molar-refractivity contribution in [1.29, 1.82) is 0 Å². The van der Waals surface area contributed by atoms with E-state index >= 15 is 0 Å². The second-order valence-corrected chi connectivity index (χ2v) is 11.3. The molecule has 0 spiro atoms. The maximum atomic E-state index is 13.9. The average Bonchev–Trinajstić information content (AvgIpc) is 2.66. The standard InChI is InChI=1S/C27H44N4O5/c1-10-13-31(24(34)20(11-12-21(28)32)29-25(35)36-27(7,8)9)22(23(33)30-26(4,5)6)19-15-17(2)14-18(3)16-19/h14-16,20,22H,10-13H2,1-9H3,(H2,28,32)(H,29,35)(H,30,33). The van der Waals surface area contributed by atoms with Gasteiger partial charge in [-0.1, -0.05) is 36.2 Å². The first kappa shape index (κ1) is 30.9. The summed E-state index contributed by atoms with van der Waals surface area (Å²) in [4.78, 5) is 53.1. The van der Waals surface area contributed by atoms with Gasteiger partial charge in [0, 0.05) is 18.5 Å². The molecule has 1 aromatic rings. The first-order valence-corrected chi connectivity index (χ1v) is 12.4. The lowest BCUT2D eigenvalue weighted by Gasteiger charge is -2.36. The molecule has 9 nitrogen and oxygen atoms in total. The number of hydrogen-bond acceptors (Lipinski definition) is 5. The van der Waals surface area contributed by atoms with Crippen LogP contribution in [0.3, 0.4) is 0 Å². The molecule has 36 heavy (non-hydrogen) atoms. The molecular weight excluding hydrogens is 460 g/mol. The molecule has 0 heterocycles. The molecule has 2 unspecified atom stereocenters. The lowest BCUT2D eigenvalue weighted by Crippen LogP contribution is -2.55. The van der Waals surface area contributed by atoms with Crippen molar-refractivity contribution in [3.8, 4) is 0 Å². The summed E-state index contributed by atoms with van der Waals surface area (Å²) in [5, 5.41) is 5.58. The van der Waals surface area contributed by atoms with E-state index in [2.05, 4.69) is 10.6 Å². The van der Waals surface area contributed by atoms with Crippen LogP contribution >= 0.6 is 0 Å². The van der Waals surface area contributed by atoms with Gasteiger partial charge in [-0.15, -0.1) is 0 Å². The van der Waals surface area contributed by atoms with E-state index in [1.807, 2.05) is 59.7 Å². The number of amides is 4. The van der Waals surface area contributed by atoms with Crippen molar-refractivity contribution in [1.82, 2.24) is 15.5 Å². The Morgan fingerprint density at radius 1 is 1.00 bits per heavy atom. The predicted molar refractivity (Wildman–Crippen MR) is 140 cm³/mol. The van der Waals surface area contributed by atoms with Crippen LogP contribution in [0.1, 0.15) is 90.5 Å². The molecule has 0 aliphatic heterocycles. The Bertz CT molecular complexity index is 926. The van der Waals surface area contributed by atoms with E-state index in [9.17, 15) is 19.2 Å². The highest BCUT2D eigenvalue weighted by molar-refractivity contribution is 5.92. The van der Waals surface area contributed by atoms with Gasteiger partial charge >= 0.3 is 6.09 Å². The van der Waals surface area contributed by atoms with Gasteiger partial charge in [-0.2, -0.15) is 0 Å². The number of carbonyl (C=O) groups is 4. The summed E-state index contributed by atoms with van der Waals surface area (Å²) >= 11 is 0. The molecule has 1 rings (SSSR count). The smallest absolute Gasteiger partial charge is 0.408 e. The number of benzene rings is 1. The first-order chi connectivity index (χ1) is 16.4. The number of primary amides is 1. The predicted octanol–water partition coefficient (Wildman–Crippen LogP) is 3.66. The minimum absolute atomic E-state index is 0.0198. The topological polar surface area (TPSA) is 131 Å². The van der Waals surface area contributed by atoms with Crippen LogP contribution in [0.4, 0.5) is 4.79 Å². The van der Waals surface area contributed by atoms with Gasteiger partial charge in [0.25, 0.3) is 0 Å². The first-order valence-electron chi connectivity index (χ1n) is 12.4. The molecule has 2 atom stereocenters. The van der Waals surface area contributed by atoms with Crippen molar-refractivity contribution in [2.24, 2.45) is 5.73 Å². The molecule has 0 radical (unpaired) electrons. The Labute approximate surface area is 215 Å². The van der Waals surface area contributed by atoms with Crippen molar-refractivity contribution in [2.75, 3.05) is 6.54 Å². The second-order valence-electron chi connectivity index (χ2n) is 11.3. The highest BCUT2D eigenvalue weighted by Crippen LogP contribution is 2.26. The fourth-order valence-corrected chi connectivity index (χ4v) is 3.88. The monoisotopic (exact) mass is 504 g/mol. The quantitative estimate of drug-likeness (QED) is 0.448. The number of ether oxygens (including phenoxy) is 1. The van der Waals surface area contributed by atoms with E-state index in [0.717, 1.165) is 11.1 Å². The number of rotatable bonds is 10. The molecule has 0 fully saturated rings. The summed E-state index contributed by atoms with van der Waals surface area (Å²) in [6.45, 7) is 16.8. The lowest BCUT2D eigenvalue weighted by molar-refractivity contribution is -0.143. The van der Waals surface area contributed by atoms with Crippen molar-refractivity contribution in [3.05, 3.63) is 34.9 Å². The highest BCUT2D eigenvalue weighted by Gasteiger charge is 2.37. The van der Waals surface area contributed by atoms with Crippen LogP contribution in [0.15, 0.2) is 18.2 Å². The molecule has 0 saturated heterocycles. The molecule has 4 amide bonds. The lowest BCUT2D eigenvalue weighted by atomic mass is 9.96. The Balaban J connectivity index is 3.53. The van der Waals surface area contributed by atoms with E-state index in [4.69, 9.17) is 10.5 Å². The van der Waals surface area contributed by atoms with Crippen LogP contribution in [-0.2, 0) is 19.1 Å². The fourth-order valence-electron chi connectivity index (χ4n) is 3.88. The van der Waals surface area contributed by atoms with Crippen LogP contribution in [0, 0.1) is 13.8 Å². The van der Waals surface area contributed by atoms with Gasteiger partial charge in [0.1, 0.15) is 17.7 Å². The molecular formula is C27H44N4O5. The normalized spacial score (nSPS) is 13.4. The molecule has 0 aliphatic rings. The Hall–Kier alpha value is -3.10. The van der Waals surface area contributed by atoms with Crippen LogP contribution in [0.25, 0.3) is 0 Å². The number of nitrogens with zero attached hydrogens (tertiary/aromatic N) is 1. The number of hydrogen-bond donors (Lipinski definition) is 3. The minimum atomic E-state index is -1.10. The maximum absolute atomic E-state index is 13.9. The number of nitrogens with two attached hydrogens (primary N) is 1. The third-order valence-electron chi connectivity index (χ3n) is 5.03. The van der Waals surface area contributed by atoms with Crippen LogP contribution in [0.2, 0.25) is 0 Å². The van der Waals surface area contributed by atoms with E-state index < -0.39 is 41.1 Å². The van der Waals surface area contributed by atoms with E-state index in [0.29, 0.717) is 12.0 Å². The Kier molecular flexibility index (Phi) is 10.9. The summed E-state index contributed by atoms with van der Waals surface area (Å²) in [6, 6.07) is 3.72. The summed E-state index contributed by atoms with van der Waals surface area (Å²) < 4.78 is 5.34. The number of aryl methyl sites for hydroxylation is 2. The van der Waals surface area contributed by atoms with Crippen LogP contribution in [-0.4, -0.2) is 52.4 Å². The number of alkyl carbamates (subject to hydrolysis) is 1. The molecule has 0 bridgehead atoms. The van der Waals surface area contributed by atoms with Gasteiger partial charge in [0.15, 0.2) is 0 Å². The van der Waals surface area contributed by atoms with Crippen LogP contribution in [0.5, 0.6) is 0 Å². The largest absolute Gasteiger partial charge is 0.444 e. The van der Waals surface area contributed by atoms with E-state index in [1.165, 1.54) is 4.90 Å².